The number of carbonyl (C=O) groups excluding carboxylic acids is 1. The number of anilines is 1. The van der Waals surface area contributed by atoms with Gasteiger partial charge in [-0.05, 0) is 42.7 Å². The van der Waals surface area contributed by atoms with Crippen molar-refractivity contribution in [2.45, 2.75) is 19.8 Å². The van der Waals surface area contributed by atoms with Crippen molar-refractivity contribution in [3.8, 4) is 0 Å². The highest BCUT2D eigenvalue weighted by Gasteiger charge is 2.08. The lowest BCUT2D eigenvalue weighted by Crippen LogP contribution is -2.26. The molecular formula is C16H20N4O. The highest BCUT2D eigenvalue weighted by atomic mass is 16.1. The van der Waals surface area contributed by atoms with Gasteiger partial charge in [0.1, 0.15) is 5.82 Å². The quantitative estimate of drug-likeness (QED) is 0.852. The van der Waals surface area contributed by atoms with Crippen molar-refractivity contribution in [1.82, 2.24) is 15.3 Å². The van der Waals surface area contributed by atoms with Crippen molar-refractivity contribution in [2.75, 3.05) is 18.9 Å². The van der Waals surface area contributed by atoms with Gasteiger partial charge in [0.25, 0.3) is 5.91 Å². The van der Waals surface area contributed by atoms with Gasteiger partial charge in [0, 0.05) is 37.2 Å². The van der Waals surface area contributed by atoms with Gasteiger partial charge in [0.2, 0.25) is 0 Å². The second-order valence-corrected chi connectivity index (χ2v) is 4.70. The summed E-state index contributed by atoms with van der Waals surface area (Å²) in [6.45, 7) is 2.62. The molecule has 0 bridgehead atoms. The van der Waals surface area contributed by atoms with Crippen LogP contribution in [0.25, 0.3) is 0 Å². The van der Waals surface area contributed by atoms with E-state index in [2.05, 4.69) is 20.6 Å². The second kappa shape index (κ2) is 7.38. The van der Waals surface area contributed by atoms with E-state index in [9.17, 15) is 4.79 Å². The number of hydrogen-bond donors (Lipinski definition) is 2. The average Bonchev–Trinajstić information content (AvgIpc) is 2.55. The van der Waals surface area contributed by atoms with E-state index in [1.807, 2.05) is 25.1 Å². The first-order chi connectivity index (χ1) is 10.2. The first-order valence-corrected chi connectivity index (χ1v) is 7.08. The molecule has 0 spiro atoms. The predicted molar refractivity (Wildman–Crippen MR) is 83.4 cm³/mol. The van der Waals surface area contributed by atoms with Gasteiger partial charge in [-0.3, -0.25) is 9.78 Å². The highest BCUT2D eigenvalue weighted by Crippen LogP contribution is 2.10. The largest absolute Gasteiger partial charge is 0.373 e. The van der Waals surface area contributed by atoms with E-state index in [1.165, 1.54) is 0 Å². The van der Waals surface area contributed by atoms with E-state index >= 15 is 0 Å². The van der Waals surface area contributed by atoms with Crippen LogP contribution < -0.4 is 10.6 Å². The fraction of sp³-hybridized carbons (Fsp3) is 0.312. The molecular weight excluding hydrogens is 264 g/mol. The number of carbonyl (C=O) groups is 1. The Kier molecular flexibility index (Phi) is 5.26. The topological polar surface area (TPSA) is 66.9 Å². The molecule has 2 aromatic heterocycles. The summed E-state index contributed by atoms with van der Waals surface area (Å²) in [5, 5.41) is 5.92. The van der Waals surface area contributed by atoms with Crippen LogP contribution in [0.2, 0.25) is 0 Å². The number of nitrogens with zero attached hydrogens (tertiary/aromatic N) is 2. The maximum absolute atomic E-state index is 12.2. The van der Waals surface area contributed by atoms with Crippen LogP contribution in [-0.4, -0.2) is 29.5 Å². The molecule has 0 unspecified atom stereocenters. The Hall–Kier alpha value is -2.43. The molecule has 5 nitrogen and oxygen atoms in total. The summed E-state index contributed by atoms with van der Waals surface area (Å²) in [4.78, 5) is 20.5. The number of aryl methyl sites for hydroxylation is 1. The van der Waals surface area contributed by atoms with Gasteiger partial charge >= 0.3 is 0 Å². The van der Waals surface area contributed by atoms with Gasteiger partial charge in [0.15, 0.2) is 0 Å². The highest BCUT2D eigenvalue weighted by molar-refractivity contribution is 5.95. The molecule has 0 aliphatic rings. The van der Waals surface area contributed by atoms with Crippen LogP contribution in [0.5, 0.6) is 0 Å². The third kappa shape index (κ3) is 4.27. The molecule has 2 aromatic rings. The standard InChI is InChI=1S/C16H20N4O/c1-3-14-10-13(11-15(17-2)20-14)16(21)19-9-6-12-4-7-18-8-5-12/h4-5,7-8,10-11H,3,6,9H2,1-2H3,(H,17,20)(H,19,21). The Labute approximate surface area is 124 Å². The predicted octanol–water partition coefficient (Wildman–Crippen LogP) is 2.05. The van der Waals surface area contributed by atoms with Crippen molar-refractivity contribution in [1.29, 1.82) is 0 Å². The molecule has 21 heavy (non-hydrogen) atoms. The second-order valence-electron chi connectivity index (χ2n) is 4.70. The van der Waals surface area contributed by atoms with E-state index in [4.69, 9.17) is 0 Å². The van der Waals surface area contributed by atoms with E-state index < -0.39 is 0 Å². The van der Waals surface area contributed by atoms with Crippen molar-refractivity contribution in [3.63, 3.8) is 0 Å². The smallest absolute Gasteiger partial charge is 0.251 e. The molecule has 0 aromatic carbocycles. The number of hydrogen-bond acceptors (Lipinski definition) is 4. The summed E-state index contributed by atoms with van der Waals surface area (Å²) in [6, 6.07) is 7.50. The van der Waals surface area contributed by atoms with Crippen LogP contribution in [0, 0.1) is 0 Å². The first-order valence-electron chi connectivity index (χ1n) is 7.08. The van der Waals surface area contributed by atoms with Gasteiger partial charge < -0.3 is 10.6 Å². The van der Waals surface area contributed by atoms with E-state index in [0.717, 1.165) is 24.1 Å². The number of amides is 1. The summed E-state index contributed by atoms with van der Waals surface area (Å²) < 4.78 is 0. The molecule has 0 aliphatic carbocycles. The van der Waals surface area contributed by atoms with Gasteiger partial charge in [-0.25, -0.2) is 4.98 Å². The zero-order valence-corrected chi connectivity index (χ0v) is 12.4. The Bertz CT molecular complexity index is 576. The van der Waals surface area contributed by atoms with Gasteiger partial charge in [0.05, 0.1) is 0 Å². The minimum absolute atomic E-state index is 0.0716. The number of nitrogens with one attached hydrogen (secondary N) is 2. The zero-order valence-electron chi connectivity index (χ0n) is 12.4. The molecule has 2 rings (SSSR count). The van der Waals surface area contributed by atoms with Crippen molar-refractivity contribution < 1.29 is 4.79 Å². The summed E-state index contributed by atoms with van der Waals surface area (Å²) in [7, 11) is 1.80. The Morgan fingerprint density at radius 2 is 2.00 bits per heavy atom. The Morgan fingerprint density at radius 1 is 1.24 bits per heavy atom. The molecule has 1 amide bonds. The van der Waals surface area contributed by atoms with Gasteiger partial charge in [-0.1, -0.05) is 6.92 Å². The van der Waals surface area contributed by atoms with E-state index in [-0.39, 0.29) is 5.91 Å². The van der Waals surface area contributed by atoms with Crippen LogP contribution in [-0.2, 0) is 12.8 Å². The molecule has 0 aliphatic heterocycles. The van der Waals surface area contributed by atoms with E-state index in [0.29, 0.717) is 17.9 Å². The SMILES string of the molecule is CCc1cc(C(=O)NCCc2ccncc2)cc(NC)n1. The first kappa shape index (κ1) is 15.0. The average molecular weight is 284 g/mol. The van der Waals surface area contributed by atoms with Crippen LogP contribution in [0.3, 0.4) is 0 Å². The van der Waals surface area contributed by atoms with Crippen LogP contribution >= 0.6 is 0 Å². The fourth-order valence-electron chi connectivity index (χ4n) is 2.00. The molecule has 110 valence electrons. The minimum Gasteiger partial charge on any atom is -0.373 e. The van der Waals surface area contributed by atoms with Crippen molar-refractivity contribution >= 4 is 11.7 Å². The molecule has 0 saturated heterocycles. The summed E-state index contributed by atoms with van der Waals surface area (Å²) in [5.41, 5.74) is 2.70. The molecule has 0 fully saturated rings. The lowest BCUT2D eigenvalue weighted by molar-refractivity contribution is 0.0954. The lowest BCUT2D eigenvalue weighted by Gasteiger charge is -2.09. The van der Waals surface area contributed by atoms with Crippen molar-refractivity contribution in [2.24, 2.45) is 0 Å². The van der Waals surface area contributed by atoms with Crippen LogP contribution in [0.15, 0.2) is 36.7 Å². The third-order valence-electron chi connectivity index (χ3n) is 3.21. The molecule has 2 N–H and O–H groups in total. The van der Waals surface area contributed by atoms with Crippen LogP contribution in [0.4, 0.5) is 5.82 Å². The summed E-state index contributed by atoms with van der Waals surface area (Å²) in [5.74, 6) is 0.645. The van der Waals surface area contributed by atoms with Crippen molar-refractivity contribution in [3.05, 3.63) is 53.5 Å². The number of aromatic nitrogens is 2. The van der Waals surface area contributed by atoms with Gasteiger partial charge in [-0.15, -0.1) is 0 Å². The normalized spacial score (nSPS) is 10.2. The molecule has 0 atom stereocenters. The molecule has 2 heterocycles. The number of pyridine rings is 2. The minimum atomic E-state index is -0.0716. The monoisotopic (exact) mass is 284 g/mol. The Balaban J connectivity index is 1.97. The summed E-state index contributed by atoms with van der Waals surface area (Å²) >= 11 is 0. The van der Waals surface area contributed by atoms with E-state index in [1.54, 1.807) is 25.5 Å². The maximum atomic E-state index is 12.2. The third-order valence-corrected chi connectivity index (χ3v) is 3.21. The number of rotatable bonds is 6. The molecule has 0 saturated carbocycles. The zero-order chi connectivity index (χ0) is 15.1. The maximum Gasteiger partial charge on any atom is 0.251 e. The van der Waals surface area contributed by atoms with Crippen LogP contribution in [0.1, 0.15) is 28.5 Å². The fourth-order valence-corrected chi connectivity index (χ4v) is 2.00. The molecule has 0 radical (unpaired) electrons. The Morgan fingerprint density at radius 3 is 2.67 bits per heavy atom. The molecule has 5 heteroatoms. The lowest BCUT2D eigenvalue weighted by atomic mass is 10.1. The summed E-state index contributed by atoms with van der Waals surface area (Å²) in [6.07, 6.45) is 5.10. The van der Waals surface area contributed by atoms with Gasteiger partial charge in [-0.2, -0.15) is 0 Å².